The van der Waals surface area contributed by atoms with Crippen molar-refractivity contribution in [2.24, 2.45) is 5.92 Å². The zero-order valence-electron chi connectivity index (χ0n) is 8.43. The molecule has 1 aliphatic heterocycles. The topological polar surface area (TPSA) is 57.0 Å². The zero-order valence-corrected chi connectivity index (χ0v) is 9.25. The lowest BCUT2D eigenvalue weighted by Gasteiger charge is -2.12. The van der Waals surface area contributed by atoms with Crippen LogP contribution in [0.1, 0.15) is 16.3 Å². The molecule has 78 valence electrons. The van der Waals surface area contributed by atoms with Crippen LogP contribution in [0.5, 0.6) is 0 Å². The molecule has 0 saturated carbocycles. The Morgan fingerprint density at radius 2 is 2.60 bits per heavy atom. The fourth-order valence-electron chi connectivity index (χ4n) is 1.65. The minimum Gasteiger partial charge on any atom is -0.335 e. The van der Waals surface area contributed by atoms with Crippen molar-refractivity contribution >= 4 is 17.2 Å². The number of carbonyl (C=O) groups excluding carboxylic acids is 1. The summed E-state index contributed by atoms with van der Waals surface area (Å²) in [5.41, 5.74) is 0. The van der Waals surface area contributed by atoms with E-state index in [1.807, 2.05) is 13.1 Å². The first kappa shape index (κ1) is 10.1. The summed E-state index contributed by atoms with van der Waals surface area (Å²) in [6.45, 7) is 3.09. The van der Waals surface area contributed by atoms with Gasteiger partial charge in [-0.3, -0.25) is 4.79 Å². The van der Waals surface area contributed by atoms with Crippen molar-refractivity contribution in [1.82, 2.24) is 9.88 Å². The zero-order chi connectivity index (χ0) is 10.8. The molecule has 0 N–H and O–H groups in total. The molecule has 1 aromatic heterocycles. The van der Waals surface area contributed by atoms with Crippen molar-refractivity contribution in [2.75, 3.05) is 6.54 Å². The van der Waals surface area contributed by atoms with E-state index in [-0.39, 0.29) is 11.8 Å². The molecule has 0 bridgehead atoms. The van der Waals surface area contributed by atoms with Crippen molar-refractivity contribution in [1.29, 1.82) is 5.26 Å². The molecule has 0 radical (unpaired) electrons. The number of hydrogen-bond acceptors (Lipinski definition) is 4. The van der Waals surface area contributed by atoms with Gasteiger partial charge in [-0.05, 0) is 6.92 Å². The SMILES string of the molecule is Cc1cnc(CN2CC(C#N)CC2=O)s1. The predicted molar refractivity (Wildman–Crippen MR) is 56.0 cm³/mol. The molecular formula is C10H11N3OS. The Hall–Kier alpha value is -1.41. The molecule has 1 aliphatic rings. The summed E-state index contributed by atoms with van der Waals surface area (Å²) in [5.74, 6) is -0.0760. The van der Waals surface area contributed by atoms with Gasteiger partial charge in [0, 0.05) is 24.0 Å². The second-order valence-corrected chi connectivity index (χ2v) is 4.99. The standard InChI is InChI=1S/C10H11N3OS/c1-7-4-12-9(15-7)6-13-5-8(3-11)2-10(13)14/h4,8H,2,5-6H2,1H3. The Bertz CT molecular complexity index is 421. The average molecular weight is 221 g/mol. The van der Waals surface area contributed by atoms with Crippen LogP contribution >= 0.6 is 11.3 Å². The largest absolute Gasteiger partial charge is 0.335 e. The summed E-state index contributed by atoms with van der Waals surface area (Å²) >= 11 is 1.60. The third kappa shape index (κ3) is 2.16. The van der Waals surface area contributed by atoms with Crippen molar-refractivity contribution < 1.29 is 4.79 Å². The van der Waals surface area contributed by atoms with Gasteiger partial charge in [-0.2, -0.15) is 5.26 Å². The third-order valence-corrected chi connectivity index (χ3v) is 3.29. The van der Waals surface area contributed by atoms with Crippen LogP contribution in [0.2, 0.25) is 0 Å². The third-order valence-electron chi connectivity index (χ3n) is 2.39. The molecule has 2 rings (SSSR count). The number of thiazole rings is 1. The molecule has 0 spiro atoms. The van der Waals surface area contributed by atoms with Crippen LogP contribution in [-0.2, 0) is 11.3 Å². The first-order valence-electron chi connectivity index (χ1n) is 4.77. The highest BCUT2D eigenvalue weighted by atomic mass is 32.1. The number of aryl methyl sites for hydroxylation is 1. The maximum absolute atomic E-state index is 11.5. The minimum atomic E-state index is -0.140. The highest BCUT2D eigenvalue weighted by molar-refractivity contribution is 7.11. The first-order valence-corrected chi connectivity index (χ1v) is 5.59. The lowest BCUT2D eigenvalue weighted by molar-refractivity contribution is -0.128. The normalized spacial score (nSPS) is 20.7. The average Bonchev–Trinajstić information content (AvgIpc) is 2.75. The summed E-state index contributed by atoms with van der Waals surface area (Å²) in [7, 11) is 0. The molecule has 1 fully saturated rings. The fraction of sp³-hybridized carbons (Fsp3) is 0.500. The molecule has 1 atom stereocenters. The van der Waals surface area contributed by atoms with E-state index in [1.54, 1.807) is 16.2 Å². The molecule has 0 aromatic carbocycles. The van der Waals surface area contributed by atoms with Crippen LogP contribution in [-0.4, -0.2) is 22.3 Å². The number of aromatic nitrogens is 1. The second-order valence-electron chi connectivity index (χ2n) is 3.67. The van der Waals surface area contributed by atoms with Gasteiger partial charge in [0.25, 0.3) is 0 Å². The van der Waals surface area contributed by atoms with Crippen LogP contribution < -0.4 is 0 Å². The Labute approximate surface area is 92.2 Å². The summed E-state index contributed by atoms with van der Waals surface area (Å²) in [5, 5.41) is 9.67. The summed E-state index contributed by atoms with van der Waals surface area (Å²) in [6.07, 6.45) is 2.17. The monoisotopic (exact) mass is 221 g/mol. The van der Waals surface area contributed by atoms with Gasteiger partial charge in [-0.1, -0.05) is 0 Å². The van der Waals surface area contributed by atoms with E-state index in [1.165, 1.54) is 0 Å². The summed E-state index contributed by atoms with van der Waals surface area (Å²) in [6, 6.07) is 2.14. The Kier molecular flexibility index (Phi) is 2.69. The van der Waals surface area contributed by atoms with Crippen molar-refractivity contribution in [2.45, 2.75) is 19.9 Å². The van der Waals surface area contributed by atoms with Gasteiger partial charge in [-0.25, -0.2) is 4.98 Å². The maximum Gasteiger partial charge on any atom is 0.224 e. The van der Waals surface area contributed by atoms with Crippen molar-refractivity contribution in [3.05, 3.63) is 16.1 Å². The number of amides is 1. The fourth-order valence-corrected chi connectivity index (χ4v) is 2.45. The Morgan fingerprint density at radius 3 is 3.13 bits per heavy atom. The quantitative estimate of drug-likeness (QED) is 0.757. The van der Waals surface area contributed by atoms with Gasteiger partial charge in [-0.15, -0.1) is 11.3 Å². The maximum atomic E-state index is 11.5. The number of nitrogens with zero attached hydrogens (tertiary/aromatic N) is 3. The highest BCUT2D eigenvalue weighted by Gasteiger charge is 2.29. The Morgan fingerprint density at radius 1 is 1.80 bits per heavy atom. The smallest absolute Gasteiger partial charge is 0.224 e. The van der Waals surface area contributed by atoms with Crippen LogP contribution in [0.15, 0.2) is 6.20 Å². The van der Waals surface area contributed by atoms with E-state index in [4.69, 9.17) is 5.26 Å². The molecule has 2 heterocycles. The molecule has 15 heavy (non-hydrogen) atoms. The number of nitriles is 1. The molecular weight excluding hydrogens is 210 g/mol. The summed E-state index contributed by atoms with van der Waals surface area (Å²) in [4.78, 5) is 18.6. The van der Waals surface area contributed by atoms with Gasteiger partial charge < -0.3 is 4.90 Å². The first-order chi connectivity index (χ1) is 7.19. The van der Waals surface area contributed by atoms with Crippen molar-refractivity contribution in [3.8, 4) is 6.07 Å². The predicted octanol–water partition coefficient (Wildman–Crippen LogP) is 1.32. The van der Waals surface area contributed by atoms with E-state index in [9.17, 15) is 4.79 Å². The molecule has 1 aromatic rings. The molecule has 1 unspecified atom stereocenters. The van der Waals surface area contributed by atoms with Crippen molar-refractivity contribution in [3.63, 3.8) is 0 Å². The second kappa shape index (κ2) is 3.99. The number of likely N-dealkylation sites (tertiary alicyclic amines) is 1. The molecule has 0 aliphatic carbocycles. The van der Waals surface area contributed by atoms with Crippen LogP contribution in [0.25, 0.3) is 0 Å². The number of carbonyl (C=O) groups is 1. The summed E-state index contributed by atoms with van der Waals surface area (Å²) < 4.78 is 0. The molecule has 5 heteroatoms. The molecule has 4 nitrogen and oxygen atoms in total. The lowest BCUT2D eigenvalue weighted by atomic mass is 10.1. The van der Waals surface area contributed by atoms with Gasteiger partial charge in [0.05, 0.1) is 18.5 Å². The van der Waals surface area contributed by atoms with E-state index in [0.717, 1.165) is 9.88 Å². The highest BCUT2D eigenvalue weighted by Crippen LogP contribution is 2.21. The van der Waals surface area contributed by atoms with Gasteiger partial charge in [0.2, 0.25) is 5.91 Å². The number of rotatable bonds is 2. The Balaban J connectivity index is 2.02. The van der Waals surface area contributed by atoms with E-state index < -0.39 is 0 Å². The number of hydrogen-bond donors (Lipinski definition) is 0. The molecule has 1 amide bonds. The van der Waals surface area contributed by atoms with Crippen LogP contribution in [0, 0.1) is 24.2 Å². The minimum absolute atomic E-state index is 0.0643. The van der Waals surface area contributed by atoms with E-state index in [0.29, 0.717) is 19.5 Å². The van der Waals surface area contributed by atoms with Crippen LogP contribution in [0.3, 0.4) is 0 Å². The lowest BCUT2D eigenvalue weighted by Crippen LogP contribution is -2.24. The van der Waals surface area contributed by atoms with Gasteiger partial charge in [0.15, 0.2) is 0 Å². The van der Waals surface area contributed by atoms with E-state index >= 15 is 0 Å². The van der Waals surface area contributed by atoms with Crippen LogP contribution in [0.4, 0.5) is 0 Å². The van der Waals surface area contributed by atoms with E-state index in [2.05, 4.69) is 11.1 Å². The van der Waals surface area contributed by atoms with Gasteiger partial charge >= 0.3 is 0 Å². The molecule has 1 saturated heterocycles. The van der Waals surface area contributed by atoms with Gasteiger partial charge in [0.1, 0.15) is 5.01 Å².